The van der Waals surface area contributed by atoms with Crippen LogP contribution in [0.4, 0.5) is 13.2 Å². The molecule has 0 saturated carbocycles. The van der Waals surface area contributed by atoms with Crippen LogP contribution in [0.2, 0.25) is 0 Å². The van der Waals surface area contributed by atoms with Gasteiger partial charge in [0.05, 0.1) is 24.3 Å². The smallest absolute Gasteiger partial charge is 0.414 e. The second-order valence-corrected chi connectivity index (χ2v) is 4.44. The monoisotopic (exact) mass is 313 g/mol. The third kappa shape index (κ3) is 4.03. The van der Waals surface area contributed by atoms with E-state index >= 15 is 0 Å². The average Bonchev–Trinajstić information content (AvgIpc) is 2.48. The number of nitrogens with zero attached hydrogens (tertiary/aromatic N) is 1. The van der Waals surface area contributed by atoms with Gasteiger partial charge in [-0.05, 0) is 37.3 Å². The minimum Gasteiger partial charge on any atom is -0.462 e. The van der Waals surface area contributed by atoms with E-state index in [1.165, 1.54) is 36.5 Å². The number of esters is 1. The number of hydroxylamine groups is 2. The zero-order chi connectivity index (χ0) is 16.2. The van der Waals surface area contributed by atoms with Crippen molar-refractivity contribution in [1.29, 1.82) is 0 Å². The molecule has 2 rings (SSSR count). The summed E-state index contributed by atoms with van der Waals surface area (Å²) in [5.74, 6) is -0.143. The number of benzene rings is 1. The Balaban J connectivity index is 1.99. The molecule has 22 heavy (non-hydrogen) atoms. The number of hydrogen-bond donors (Lipinski definition) is 0. The van der Waals surface area contributed by atoms with Crippen LogP contribution in [-0.2, 0) is 4.74 Å². The van der Waals surface area contributed by atoms with E-state index in [9.17, 15) is 18.0 Å². The van der Waals surface area contributed by atoms with Gasteiger partial charge in [0.1, 0.15) is 0 Å². The van der Waals surface area contributed by atoms with Crippen molar-refractivity contribution < 1.29 is 27.5 Å². The Morgan fingerprint density at radius 3 is 2.55 bits per heavy atom. The zero-order valence-corrected chi connectivity index (χ0v) is 11.8. The first-order valence-corrected chi connectivity index (χ1v) is 6.56. The van der Waals surface area contributed by atoms with E-state index in [1.807, 2.05) is 0 Å². The highest BCUT2D eigenvalue weighted by molar-refractivity contribution is 5.89. The van der Waals surface area contributed by atoms with Crippen LogP contribution in [-0.4, -0.2) is 30.4 Å². The molecule has 7 heteroatoms. The maximum absolute atomic E-state index is 12.6. The summed E-state index contributed by atoms with van der Waals surface area (Å²) in [6.07, 6.45) is -0.725. The molecular weight excluding hydrogens is 299 g/mol. The van der Waals surface area contributed by atoms with Gasteiger partial charge in [-0.3, -0.25) is 0 Å². The first-order valence-electron chi connectivity index (χ1n) is 6.56. The predicted molar refractivity (Wildman–Crippen MR) is 73.0 cm³/mol. The van der Waals surface area contributed by atoms with E-state index in [4.69, 9.17) is 9.57 Å². The quantitative estimate of drug-likeness (QED) is 0.798. The molecule has 0 saturated heterocycles. The lowest BCUT2D eigenvalue weighted by molar-refractivity contribution is -0.106. The molecule has 0 N–H and O–H groups in total. The molecule has 0 aliphatic carbocycles. The molecule has 0 atom stereocenters. The summed E-state index contributed by atoms with van der Waals surface area (Å²) in [4.78, 5) is 16.8. The molecule has 0 radical (unpaired) electrons. The van der Waals surface area contributed by atoms with Crippen molar-refractivity contribution >= 4 is 5.97 Å². The molecule has 1 aromatic rings. The SMILES string of the molecule is CCOC(=O)c1ccc(ON2C=CC=C(C(F)(F)F)C2)cc1. The van der Waals surface area contributed by atoms with Crippen LogP contribution in [0.5, 0.6) is 5.75 Å². The summed E-state index contributed by atoms with van der Waals surface area (Å²) in [6, 6.07) is 5.96. The molecule has 0 spiro atoms. The topological polar surface area (TPSA) is 38.8 Å². The van der Waals surface area contributed by atoms with Crippen LogP contribution >= 0.6 is 0 Å². The molecule has 0 fully saturated rings. The molecule has 1 aliphatic heterocycles. The van der Waals surface area contributed by atoms with E-state index in [-0.39, 0.29) is 6.61 Å². The van der Waals surface area contributed by atoms with Crippen LogP contribution < -0.4 is 4.84 Å². The highest BCUT2D eigenvalue weighted by Gasteiger charge is 2.35. The van der Waals surface area contributed by atoms with Crippen LogP contribution in [0, 0.1) is 0 Å². The number of hydrogen-bond acceptors (Lipinski definition) is 4. The third-order valence-electron chi connectivity index (χ3n) is 2.83. The van der Waals surface area contributed by atoms with Gasteiger partial charge >= 0.3 is 12.1 Å². The van der Waals surface area contributed by atoms with Crippen molar-refractivity contribution in [2.45, 2.75) is 13.1 Å². The third-order valence-corrected chi connectivity index (χ3v) is 2.83. The fourth-order valence-electron chi connectivity index (χ4n) is 1.78. The Morgan fingerprint density at radius 1 is 1.27 bits per heavy atom. The number of carbonyl (C=O) groups excluding carboxylic acids is 1. The first kappa shape index (κ1) is 15.9. The molecule has 0 amide bonds. The number of allylic oxidation sites excluding steroid dienone is 2. The van der Waals surface area contributed by atoms with E-state index in [2.05, 4.69) is 0 Å². The zero-order valence-electron chi connectivity index (χ0n) is 11.8. The van der Waals surface area contributed by atoms with Crippen molar-refractivity contribution in [3.63, 3.8) is 0 Å². The molecule has 1 heterocycles. The number of rotatable bonds is 4. The Hall–Kier alpha value is -2.44. The van der Waals surface area contributed by atoms with Crippen molar-refractivity contribution in [2.75, 3.05) is 13.2 Å². The molecule has 0 bridgehead atoms. The van der Waals surface area contributed by atoms with Gasteiger partial charge in [0, 0.05) is 6.20 Å². The lowest BCUT2D eigenvalue weighted by atomic mass is 10.2. The minimum absolute atomic E-state index is 0.266. The fraction of sp³-hybridized carbons (Fsp3) is 0.267. The maximum Gasteiger partial charge on any atom is 0.414 e. The van der Waals surface area contributed by atoms with Gasteiger partial charge in [-0.2, -0.15) is 13.2 Å². The van der Waals surface area contributed by atoms with Gasteiger partial charge in [0.25, 0.3) is 0 Å². The summed E-state index contributed by atoms with van der Waals surface area (Å²) in [5.41, 5.74) is -0.350. The van der Waals surface area contributed by atoms with Crippen molar-refractivity contribution in [3.8, 4) is 5.75 Å². The maximum atomic E-state index is 12.6. The number of ether oxygens (including phenoxy) is 1. The van der Waals surface area contributed by atoms with Gasteiger partial charge in [0.15, 0.2) is 5.75 Å². The van der Waals surface area contributed by atoms with Gasteiger partial charge < -0.3 is 9.57 Å². The number of alkyl halides is 3. The summed E-state index contributed by atoms with van der Waals surface area (Å²) >= 11 is 0. The molecule has 4 nitrogen and oxygen atoms in total. The summed E-state index contributed by atoms with van der Waals surface area (Å²) in [6.45, 7) is 1.56. The van der Waals surface area contributed by atoms with Gasteiger partial charge in [-0.1, -0.05) is 6.08 Å². The Labute approximate surface area is 125 Å². The van der Waals surface area contributed by atoms with Gasteiger partial charge in [-0.25, -0.2) is 9.86 Å². The van der Waals surface area contributed by atoms with Crippen LogP contribution in [0.25, 0.3) is 0 Å². The average molecular weight is 313 g/mol. The largest absolute Gasteiger partial charge is 0.462 e. The molecule has 118 valence electrons. The normalized spacial score (nSPS) is 14.5. The highest BCUT2D eigenvalue weighted by atomic mass is 19.4. The van der Waals surface area contributed by atoms with E-state index in [1.54, 1.807) is 6.92 Å². The molecule has 0 unspecified atom stereocenters. The van der Waals surface area contributed by atoms with Crippen molar-refractivity contribution in [1.82, 2.24) is 5.06 Å². The van der Waals surface area contributed by atoms with Gasteiger partial charge in [-0.15, -0.1) is 0 Å². The first-order chi connectivity index (χ1) is 10.4. The Bertz CT molecular complexity index is 591. The second kappa shape index (κ2) is 6.55. The van der Waals surface area contributed by atoms with E-state index in [0.717, 1.165) is 11.1 Å². The van der Waals surface area contributed by atoms with E-state index < -0.39 is 24.3 Å². The van der Waals surface area contributed by atoms with Crippen LogP contribution in [0.1, 0.15) is 17.3 Å². The molecule has 0 aromatic heterocycles. The highest BCUT2D eigenvalue weighted by Crippen LogP contribution is 2.28. The lowest BCUT2D eigenvalue weighted by Crippen LogP contribution is -2.31. The summed E-state index contributed by atoms with van der Waals surface area (Å²) in [5, 5.41) is 1.07. The summed E-state index contributed by atoms with van der Waals surface area (Å²) in [7, 11) is 0. The minimum atomic E-state index is -4.39. The lowest BCUT2D eigenvalue weighted by Gasteiger charge is -2.25. The van der Waals surface area contributed by atoms with E-state index in [0.29, 0.717) is 11.3 Å². The van der Waals surface area contributed by atoms with Gasteiger partial charge in [0.2, 0.25) is 0 Å². The standard InChI is InChI=1S/C15H14F3NO3/c1-2-21-14(20)11-5-7-13(8-6-11)22-19-9-3-4-12(10-19)15(16,17)18/h3-9H,2,10H2,1H3. The van der Waals surface area contributed by atoms with Crippen LogP contribution in [0.15, 0.2) is 48.2 Å². The Morgan fingerprint density at radius 2 is 1.95 bits per heavy atom. The Kier molecular flexibility index (Phi) is 4.75. The van der Waals surface area contributed by atoms with Crippen molar-refractivity contribution in [2.24, 2.45) is 0 Å². The molecular formula is C15H14F3NO3. The summed E-state index contributed by atoms with van der Waals surface area (Å²) < 4.78 is 42.7. The fourth-order valence-corrected chi connectivity index (χ4v) is 1.78. The molecule has 1 aliphatic rings. The number of halogens is 3. The second-order valence-electron chi connectivity index (χ2n) is 4.44. The predicted octanol–water partition coefficient (Wildman–Crippen LogP) is 3.48. The molecule has 1 aromatic carbocycles. The van der Waals surface area contributed by atoms with Crippen LogP contribution in [0.3, 0.4) is 0 Å². The number of carbonyl (C=O) groups is 1. The van der Waals surface area contributed by atoms with Crippen molar-refractivity contribution in [3.05, 3.63) is 53.8 Å².